The first-order valence-electron chi connectivity index (χ1n) is 9.28. The number of aromatic nitrogens is 1. The van der Waals surface area contributed by atoms with Crippen LogP contribution >= 0.6 is 0 Å². The van der Waals surface area contributed by atoms with E-state index in [1.54, 1.807) is 36.5 Å². The molecule has 4 rings (SSSR count). The van der Waals surface area contributed by atoms with E-state index in [1.807, 2.05) is 18.2 Å². The summed E-state index contributed by atoms with van der Waals surface area (Å²) >= 11 is 0. The zero-order valence-corrected chi connectivity index (χ0v) is 15.8. The Morgan fingerprint density at radius 2 is 1.86 bits per heavy atom. The number of carbonyl (C=O) groups is 2. The van der Waals surface area contributed by atoms with Gasteiger partial charge < -0.3 is 10.2 Å². The third kappa shape index (κ3) is 3.39. The molecule has 2 heterocycles. The van der Waals surface area contributed by atoms with Crippen molar-refractivity contribution in [3.05, 3.63) is 83.6 Å². The van der Waals surface area contributed by atoms with Crippen molar-refractivity contribution >= 4 is 28.9 Å². The topological polar surface area (TPSA) is 62.3 Å². The standard InChI is InChI=1S/C23H21N3O2/c1-15-12-18-6-3-4-9-21(18)26(15)22-14-19(10-11-24-22)23(28)25-20-8-5-7-17(13-20)16(2)27/h3-11,13-15H,12H2,1-2H3,(H,25,28). The van der Waals surface area contributed by atoms with Crippen molar-refractivity contribution in [1.82, 2.24) is 4.98 Å². The van der Waals surface area contributed by atoms with E-state index in [0.29, 0.717) is 16.8 Å². The second kappa shape index (κ2) is 7.27. The second-order valence-corrected chi connectivity index (χ2v) is 7.05. The summed E-state index contributed by atoms with van der Waals surface area (Å²) in [4.78, 5) is 31.0. The Labute approximate surface area is 164 Å². The Kier molecular flexibility index (Phi) is 4.65. The summed E-state index contributed by atoms with van der Waals surface area (Å²) in [5, 5.41) is 2.86. The van der Waals surface area contributed by atoms with Crippen LogP contribution in [0.2, 0.25) is 0 Å². The zero-order chi connectivity index (χ0) is 19.7. The number of fused-ring (bicyclic) bond motifs is 1. The molecule has 1 amide bonds. The Bertz CT molecular complexity index is 1060. The van der Waals surface area contributed by atoms with Crippen LogP contribution in [-0.2, 0) is 6.42 Å². The van der Waals surface area contributed by atoms with Gasteiger partial charge in [-0.1, -0.05) is 30.3 Å². The molecular weight excluding hydrogens is 350 g/mol. The van der Waals surface area contributed by atoms with Gasteiger partial charge in [-0.05, 0) is 56.2 Å². The number of pyridine rings is 1. The van der Waals surface area contributed by atoms with Gasteiger partial charge in [0, 0.05) is 34.7 Å². The Hall–Kier alpha value is -3.47. The molecule has 0 saturated heterocycles. The fourth-order valence-corrected chi connectivity index (χ4v) is 3.63. The minimum Gasteiger partial charge on any atom is -0.323 e. The Morgan fingerprint density at radius 3 is 2.68 bits per heavy atom. The van der Waals surface area contributed by atoms with Crippen molar-refractivity contribution in [2.75, 3.05) is 10.2 Å². The van der Waals surface area contributed by atoms with Crippen LogP contribution in [0.15, 0.2) is 66.9 Å². The number of ketones is 1. The summed E-state index contributed by atoms with van der Waals surface area (Å²) in [7, 11) is 0. The van der Waals surface area contributed by atoms with Crippen LogP contribution in [0, 0.1) is 0 Å². The molecule has 1 unspecified atom stereocenters. The van der Waals surface area contributed by atoms with Gasteiger partial charge in [-0.2, -0.15) is 0 Å². The Morgan fingerprint density at radius 1 is 1.04 bits per heavy atom. The predicted molar refractivity (Wildman–Crippen MR) is 110 cm³/mol. The molecule has 0 saturated carbocycles. The lowest BCUT2D eigenvalue weighted by atomic mass is 10.1. The average molecular weight is 371 g/mol. The molecule has 1 atom stereocenters. The van der Waals surface area contributed by atoms with Gasteiger partial charge in [0.15, 0.2) is 5.78 Å². The van der Waals surface area contributed by atoms with E-state index in [1.165, 1.54) is 12.5 Å². The van der Waals surface area contributed by atoms with E-state index in [9.17, 15) is 9.59 Å². The number of rotatable bonds is 4. The van der Waals surface area contributed by atoms with Gasteiger partial charge in [0.1, 0.15) is 5.82 Å². The lowest BCUT2D eigenvalue weighted by Crippen LogP contribution is -2.25. The first kappa shape index (κ1) is 17.9. The van der Waals surface area contributed by atoms with Crippen molar-refractivity contribution in [3.63, 3.8) is 0 Å². The van der Waals surface area contributed by atoms with Crippen molar-refractivity contribution < 1.29 is 9.59 Å². The van der Waals surface area contributed by atoms with Crippen molar-refractivity contribution in [2.45, 2.75) is 26.3 Å². The summed E-state index contributed by atoms with van der Waals surface area (Å²) < 4.78 is 0. The summed E-state index contributed by atoms with van der Waals surface area (Å²) in [5.74, 6) is 0.482. The van der Waals surface area contributed by atoms with Crippen LogP contribution in [0.1, 0.15) is 40.1 Å². The number of hydrogen-bond donors (Lipinski definition) is 1. The van der Waals surface area contributed by atoms with Crippen LogP contribution in [0.25, 0.3) is 0 Å². The monoisotopic (exact) mass is 371 g/mol. The second-order valence-electron chi connectivity index (χ2n) is 7.05. The van der Waals surface area contributed by atoms with E-state index in [0.717, 1.165) is 17.9 Å². The quantitative estimate of drug-likeness (QED) is 0.680. The molecule has 28 heavy (non-hydrogen) atoms. The fraction of sp³-hybridized carbons (Fsp3) is 0.174. The average Bonchev–Trinajstić information content (AvgIpc) is 3.04. The number of Topliss-reactive ketones (excluding diaryl/α,β-unsaturated/α-hetero) is 1. The Balaban J connectivity index is 1.60. The van der Waals surface area contributed by atoms with Crippen LogP contribution in [0.3, 0.4) is 0 Å². The molecule has 1 aliphatic rings. The third-order valence-electron chi connectivity index (χ3n) is 4.99. The molecule has 1 aliphatic heterocycles. The maximum absolute atomic E-state index is 12.7. The molecule has 0 radical (unpaired) electrons. The summed E-state index contributed by atoms with van der Waals surface area (Å²) in [6.07, 6.45) is 2.61. The molecule has 0 aliphatic carbocycles. The third-order valence-corrected chi connectivity index (χ3v) is 4.99. The summed E-state index contributed by atoms with van der Waals surface area (Å²) in [6.45, 7) is 3.66. The number of anilines is 3. The van der Waals surface area contributed by atoms with Crippen LogP contribution in [0.5, 0.6) is 0 Å². The molecule has 2 aromatic carbocycles. The zero-order valence-electron chi connectivity index (χ0n) is 15.8. The SMILES string of the molecule is CC(=O)c1cccc(NC(=O)c2ccnc(N3c4ccccc4CC3C)c2)c1. The molecule has 0 spiro atoms. The minimum absolute atomic E-state index is 0.0380. The van der Waals surface area contributed by atoms with Gasteiger partial charge in [-0.3, -0.25) is 9.59 Å². The van der Waals surface area contributed by atoms with Gasteiger partial charge >= 0.3 is 0 Å². The van der Waals surface area contributed by atoms with Crippen LogP contribution < -0.4 is 10.2 Å². The number of benzene rings is 2. The molecule has 0 bridgehead atoms. The highest BCUT2D eigenvalue weighted by Crippen LogP contribution is 2.37. The van der Waals surface area contributed by atoms with E-state index >= 15 is 0 Å². The smallest absolute Gasteiger partial charge is 0.255 e. The maximum Gasteiger partial charge on any atom is 0.255 e. The van der Waals surface area contributed by atoms with E-state index in [-0.39, 0.29) is 17.7 Å². The van der Waals surface area contributed by atoms with E-state index < -0.39 is 0 Å². The molecule has 140 valence electrons. The van der Waals surface area contributed by atoms with E-state index in [4.69, 9.17) is 0 Å². The number of hydrogen-bond acceptors (Lipinski definition) is 4. The van der Waals surface area contributed by atoms with Crippen LogP contribution in [-0.4, -0.2) is 22.7 Å². The molecule has 1 aromatic heterocycles. The fourth-order valence-electron chi connectivity index (χ4n) is 3.63. The summed E-state index contributed by atoms with van der Waals surface area (Å²) in [6, 6.07) is 19.0. The first-order chi connectivity index (χ1) is 13.5. The normalized spacial score (nSPS) is 15.2. The largest absolute Gasteiger partial charge is 0.323 e. The predicted octanol–water partition coefficient (Wildman–Crippen LogP) is 4.62. The molecule has 1 N–H and O–H groups in total. The highest BCUT2D eigenvalue weighted by molar-refractivity contribution is 6.05. The first-order valence-corrected chi connectivity index (χ1v) is 9.28. The minimum atomic E-state index is -0.232. The van der Waals surface area contributed by atoms with E-state index in [2.05, 4.69) is 34.3 Å². The molecule has 0 fully saturated rings. The number of nitrogens with zero attached hydrogens (tertiary/aromatic N) is 2. The van der Waals surface area contributed by atoms with Crippen LogP contribution in [0.4, 0.5) is 17.2 Å². The molecule has 3 aromatic rings. The van der Waals surface area contributed by atoms with Gasteiger partial charge in [0.25, 0.3) is 5.91 Å². The lowest BCUT2D eigenvalue weighted by Gasteiger charge is -2.24. The molecule has 5 heteroatoms. The number of amides is 1. The molecule has 5 nitrogen and oxygen atoms in total. The van der Waals surface area contributed by atoms with Crippen molar-refractivity contribution in [1.29, 1.82) is 0 Å². The number of para-hydroxylation sites is 1. The lowest BCUT2D eigenvalue weighted by molar-refractivity contribution is 0.101. The number of carbonyl (C=O) groups excluding carboxylic acids is 2. The van der Waals surface area contributed by atoms with Crippen molar-refractivity contribution in [2.24, 2.45) is 0 Å². The van der Waals surface area contributed by atoms with Crippen molar-refractivity contribution in [3.8, 4) is 0 Å². The van der Waals surface area contributed by atoms with Gasteiger partial charge in [-0.15, -0.1) is 0 Å². The van der Waals surface area contributed by atoms with Gasteiger partial charge in [-0.25, -0.2) is 4.98 Å². The highest BCUT2D eigenvalue weighted by atomic mass is 16.1. The molecular formula is C23H21N3O2. The highest BCUT2D eigenvalue weighted by Gasteiger charge is 2.28. The van der Waals surface area contributed by atoms with Gasteiger partial charge in [0.05, 0.1) is 0 Å². The number of nitrogens with one attached hydrogen (secondary N) is 1. The van der Waals surface area contributed by atoms with Gasteiger partial charge in [0.2, 0.25) is 0 Å². The maximum atomic E-state index is 12.7. The summed E-state index contributed by atoms with van der Waals surface area (Å²) in [5.41, 5.74) is 4.10.